The Morgan fingerprint density at radius 3 is 2.66 bits per heavy atom. The first-order valence-corrected chi connectivity index (χ1v) is 9.85. The molecule has 0 radical (unpaired) electrons. The molecular weight excluding hydrogens is 373 g/mol. The molecule has 6 heteroatoms. The summed E-state index contributed by atoms with van der Waals surface area (Å²) in [6.07, 6.45) is 3.19. The van der Waals surface area contributed by atoms with Crippen LogP contribution in [0.5, 0.6) is 0 Å². The number of halogens is 1. The quantitative estimate of drug-likeness (QED) is 0.632. The van der Waals surface area contributed by atoms with E-state index in [0.717, 1.165) is 5.56 Å². The Kier molecular flexibility index (Phi) is 7.78. The molecular formula is C23H26FNO4. The first kappa shape index (κ1) is 21.0. The number of carbonyl (C=O) groups excluding carboxylic acids is 1. The highest BCUT2D eigenvalue weighted by Gasteiger charge is 2.28. The van der Waals surface area contributed by atoms with Crippen LogP contribution >= 0.6 is 0 Å². The minimum absolute atomic E-state index is 0.0259. The molecule has 0 unspecified atom stereocenters. The van der Waals surface area contributed by atoms with Crippen molar-refractivity contribution in [2.75, 3.05) is 13.2 Å². The fraction of sp³-hybridized carbons (Fsp3) is 0.348. The monoisotopic (exact) mass is 399 g/mol. The summed E-state index contributed by atoms with van der Waals surface area (Å²) in [5, 5.41) is 11.6. The summed E-state index contributed by atoms with van der Waals surface area (Å²) in [5.74, 6) is -0.618. The van der Waals surface area contributed by atoms with Gasteiger partial charge >= 0.3 is 0 Å². The van der Waals surface area contributed by atoms with Gasteiger partial charge in [0.25, 0.3) is 5.91 Å². The number of rotatable bonds is 9. The number of ether oxygens (including phenoxy) is 2. The standard InChI is InChI=1S/C23H26FNO4/c24-20-11-5-4-10-18(20)16-25-23(27)21-14-19(17-8-2-1-3-9-17)15-22(29-21)28-13-7-6-12-26/h1-5,8-11,14,19,22,26H,6-7,12-13,15-16H2,(H,25,27)/t19-,22+/m1/s1. The first-order valence-electron chi connectivity index (χ1n) is 9.85. The van der Waals surface area contributed by atoms with Crippen LogP contribution in [0, 0.1) is 5.82 Å². The summed E-state index contributed by atoms with van der Waals surface area (Å²) >= 11 is 0. The van der Waals surface area contributed by atoms with Gasteiger partial charge < -0.3 is 19.9 Å². The van der Waals surface area contributed by atoms with Crippen LogP contribution in [0.1, 0.15) is 36.3 Å². The van der Waals surface area contributed by atoms with Crippen molar-refractivity contribution in [3.63, 3.8) is 0 Å². The van der Waals surface area contributed by atoms with Crippen molar-refractivity contribution in [2.45, 2.75) is 38.0 Å². The lowest BCUT2D eigenvalue weighted by molar-refractivity contribution is -0.146. The van der Waals surface area contributed by atoms with Crippen LogP contribution < -0.4 is 5.32 Å². The average Bonchev–Trinajstić information content (AvgIpc) is 2.76. The van der Waals surface area contributed by atoms with E-state index in [1.807, 2.05) is 30.3 Å². The van der Waals surface area contributed by atoms with E-state index in [9.17, 15) is 9.18 Å². The number of hydrogen-bond donors (Lipinski definition) is 2. The summed E-state index contributed by atoms with van der Waals surface area (Å²) in [5.41, 5.74) is 1.48. The number of nitrogens with one attached hydrogen (secondary N) is 1. The Balaban J connectivity index is 1.68. The average molecular weight is 399 g/mol. The van der Waals surface area contributed by atoms with Crippen molar-refractivity contribution < 1.29 is 23.8 Å². The lowest BCUT2D eigenvalue weighted by Gasteiger charge is -2.29. The van der Waals surface area contributed by atoms with Crippen LogP contribution in [0.15, 0.2) is 66.4 Å². The highest BCUT2D eigenvalue weighted by molar-refractivity contribution is 5.91. The second-order valence-corrected chi connectivity index (χ2v) is 6.91. The van der Waals surface area contributed by atoms with Gasteiger partial charge in [-0.3, -0.25) is 4.79 Å². The van der Waals surface area contributed by atoms with Gasteiger partial charge in [-0.2, -0.15) is 0 Å². The second-order valence-electron chi connectivity index (χ2n) is 6.91. The van der Waals surface area contributed by atoms with Gasteiger partial charge in [0.05, 0.1) is 6.61 Å². The van der Waals surface area contributed by atoms with E-state index in [4.69, 9.17) is 14.6 Å². The molecule has 0 bridgehead atoms. The number of allylic oxidation sites excluding steroid dienone is 1. The van der Waals surface area contributed by atoms with Crippen molar-refractivity contribution in [1.29, 1.82) is 0 Å². The molecule has 2 atom stereocenters. The van der Waals surface area contributed by atoms with E-state index < -0.39 is 12.2 Å². The maximum absolute atomic E-state index is 13.8. The third kappa shape index (κ3) is 6.14. The van der Waals surface area contributed by atoms with E-state index in [2.05, 4.69) is 5.32 Å². The van der Waals surface area contributed by atoms with Gasteiger partial charge in [-0.05, 0) is 30.5 Å². The molecule has 5 nitrogen and oxygen atoms in total. The third-order valence-electron chi connectivity index (χ3n) is 4.76. The highest BCUT2D eigenvalue weighted by Crippen LogP contribution is 2.31. The Morgan fingerprint density at radius 2 is 1.90 bits per heavy atom. The molecule has 1 heterocycles. The molecule has 2 N–H and O–H groups in total. The van der Waals surface area contributed by atoms with E-state index >= 15 is 0 Å². The maximum Gasteiger partial charge on any atom is 0.286 e. The van der Waals surface area contributed by atoms with Gasteiger partial charge in [0.2, 0.25) is 6.29 Å². The Hall–Kier alpha value is -2.70. The SMILES string of the molecule is O=C(NCc1ccccc1F)C1=C[C@@H](c2ccccc2)C[C@@H](OCCCCO)O1. The Morgan fingerprint density at radius 1 is 1.14 bits per heavy atom. The van der Waals surface area contributed by atoms with E-state index in [1.54, 1.807) is 24.3 Å². The minimum atomic E-state index is -0.557. The molecule has 1 amide bonds. The van der Waals surface area contributed by atoms with Crippen molar-refractivity contribution in [3.05, 3.63) is 83.4 Å². The van der Waals surface area contributed by atoms with Gasteiger partial charge in [0.1, 0.15) is 5.82 Å². The summed E-state index contributed by atoms with van der Waals surface area (Å²) < 4.78 is 25.3. The molecule has 2 aromatic rings. The topological polar surface area (TPSA) is 67.8 Å². The van der Waals surface area contributed by atoms with Crippen LogP contribution in [0.3, 0.4) is 0 Å². The van der Waals surface area contributed by atoms with Crippen LogP contribution in [-0.4, -0.2) is 30.5 Å². The number of amides is 1. The zero-order valence-electron chi connectivity index (χ0n) is 16.2. The summed E-state index contributed by atoms with van der Waals surface area (Å²) in [6, 6.07) is 16.2. The fourth-order valence-corrected chi connectivity index (χ4v) is 3.18. The van der Waals surface area contributed by atoms with Crippen molar-refractivity contribution >= 4 is 5.91 Å². The molecule has 0 saturated carbocycles. The number of carbonyl (C=O) groups is 1. The zero-order valence-corrected chi connectivity index (χ0v) is 16.2. The van der Waals surface area contributed by atoms with Crippen LogP contribution in [0.25, 0.3) is 0 Å². The van der Waals surface area contributed by atoms with Crippen LogP contribution in [0.2, 0.25) is 0 Å². The van der Waals surface area contributed by atoms with Crippen molar-refractivity contribution in [3.8, 4) is 0 Å². The lowest BCUT2D eigenvalue weighted by atomic mass is 9.93. The van der Waals surface area contributed by atoms with Gasteiger partial charge in [-0.15, -0.1) is 0 Å². The predicted octanol–water partition coefficient (Wildman–Crippen LogP) is 3.65. The molecule has 154 valence electrons. The fourth-order valence-electron chi connectivity index (χ4n) is 3.18. The molecule has 3 rings (SSSR count). The number of aliphatic hydroxyl groups is 1. The Bertz CT molecular complexity index is 825. The smallest absolute Gasteiger partial charge is 0.286 e. The lowest BCUT2D eigenvalue weighted by Crippen LogP contribution is -2.33. The van der Waals surface area contributed by atoms with Gasteiger partial charge in [0, 0.05) is 31.1 Å². The summed E-state index contributed by atoms with van der Waals surface area (Å²) in [4.78, 5) is 12.7. The number of benzene rings is 2. The van der Waals surface area contributed by atoms with Crippen LogP contribution in [-0.2, 0) is 20.8 Å². The van der Waals surface area contributed by atoms with E-state index in [-0.39, 0.29) is 30.6 Å². The van der Waals surface area contributed by atoms with Crippen molar-refractivity contribution in [1.82, 2.24) is 5.32 Å². The van der Waals surface area contributed by atoms with Crippen LogP contribution in [0.4, 0.5) is 4.39 Å². The highest BCUT2D eigenvalue weighted by atomic mass is 19.1. The summed E-state index contributed by atoms with van der Waals surface area (Å²) in [7, 11) is 0. The van der Waals surface area contributed by atoms with E-state index in [1.165, 1.54) is 6.07 Å². The largest absolute Gasteiger partial charge is 0.459 e. The molecule has 0 spiro atoms. The molecule has 1 aliphatic heterocycles. The molecule has 0 aromatic heterocycles. The molecule has 29 heavy (non-hydrogen) atoms. The normalized spacial score (nSPS) is 18.6. The van der Waals surface area contributed by atoms with E-state index in [0.29, 0.717) is 31.4 Å². The maximum atomic E-state index is 13.8. The molecule has 1 aliphatic rings. The third-order valence-corrected chi connectivity index (χ3v) is 4.76. The number of aliphatic hydroxyl groups excluding tert-OH is 1. The second kappa shape index (κ2) is 10.7. The predicted molar refractivity (Wildman–Crippen MR) is 107 cm³/mol. The van der Waals surface area contributed by atoms with Crippen molar-refractivity contribution in [2.24, 2.45) is 0 Å². The first-order chi connectivity index (χ1) is 14.2. The molecule has 0 saturated heterocycles. The summed E-state index contributed by atoms with van der Waals surface area (Å²) in [6.45, 7) is 0.631. The van der Waals surface area contributed by atoms with Gasteiger partial charge in [-0.1, -0.05) is 48.5 Å². The zero-order chi connectivity index (χ0) is 20.5. The minimum Gasteiger partial charge on any atom is -0.459 e. The van der Waals surface area contributed by atoms with Gasteiger partial charge in [-0.25, -0.2) is 4.39 Å². The molecule has 0 fully saturated rings. The number of unbranched alkanes of at least 4 members (excludes halogenated alkanes) is 1. The molecule has 2 aromatic carbocycles. The molecule has 0 aliphatic carbocycles. The Labute approximate surface area is 170 Å². The van der Waals surface area contributed by atoms with Gasteiger partial charge in [0.15, 0.2) is 5.76 Å². The number of hydrogen-bond acceptors (Lipinski definition) is 4.